The van der Waals surface area contributed by atoms with Crippen molar-refractivity contribution in [2.75, 3.05) is 12.0 Å². The molecule has 1 atom stereocenters. The van der Waals surface area contributed by atoms with Crippen molar-refractivity contribution >= 4 is 50.8 Å². The molecule has 1 amide bonds. The zero-order valence-electron chi connectivity index (χ0n) is 21.4. The predicted octanol–water partition coefficient (Wildman–Crippen LogP) is 5.90. The topological polar surface area (TPSA) is 101 Å². The van der Waals surface area contributed by atoms with E-state index in [0.717, 1.165) is 24.4 Å². The summed E-state index contributed by atoms with van der Waals surface area (Å²) in [5.74, 6) is -2.42. The van der Waals surface area contributed by atoms with E-state index in [2.05, 4.69) is 20.8 Å². The quantitative estimate of drug-likeness (QED) is 0.217. The number of carbonyl (C=O) groups is 1. The van der Waals surface area contributed by atoms with Crippen LogP contribution in [0.5, 0.6) is 0 Å². The molecule has 0 fully saturated rings. The fourth-order valence-corrected chi connectivity index (χ4v) is 5.62. The largest absolute Gasteiger partial charge is 0.418 e. The van der Waals surface area contributed by atoms with Crippen LogP contribution in [-0.2, 0) is 19.8 Å². The van der Waals surface area contributed by atoms with Crippen LogP contribution in [0.25, 0.3) is 21.9 Å². The molecule has 6 rings (SSSR count). The molecule has 5 aromatic rings. The number of halogens is 7. The molecule has 2 aromatic heterocycles. The summed E-state index contributed by atoms with van der Waals surface area (Å²) in [6.07, 6.45) is -3.85. The fourth-order valence-electron chi connectivity index (χ4n) is 5.39. The van der Waals surface area contributed by atoms with E-state index in [1.54, 1.807) is 0 Å². The molecule has 216 valence electrons. The minimum atomic E-state index is -4.93. The lowest BCUT2D eigenvalue weighted by atomic mass is 9.95. The number of nitrogens with one attached hydrogen (secondary N) is 3. The number of hydrogen-bond donors (Lipinski definition) is 3. The number of aryl methyl sites for hydroxylation is 2. The molecule has 3 aromatic carbocycles. The molecule has 42 heavy (non-hydrogen) atoms. The van der Waals surface area contributed by atoms with E-state index in [4.69, 9.17) is 17.0 Å². The van der Waals surface area contributed by atoms with Crippen LogP contribution < -0.4 is 16.3 Å². The third-order valence-corrected chi connectivity index (χ3v) is 7.52. The van der Waals surface area contributed by atoms with Gasteiger partial charge in [0.1, 0.15) is 23.8 Å². The third kappa shape index (κ3) is 4.24. The van der Waals surface area contributed by atoms with Crippen LogP contribution in [0.2, 0.25) is 5.02 Å². The Morgan fingerprint density at radius 1 is 1.12 bits per heavy atom. The number of imidazole rings is 1. The number of alkyl halides is 4. The van der Waals surface area contributed by atoms with Crippen molar-refractivity contribution in [3.05, 3.63) is 87.1 Å². The molecular formula is C27H18ClF6N7O. The van der Waals surface area contributed by atoms with Crippen LogP contribution in [-0.4, -0.2) is 31.9 Å². The van der Waals surface area contributed by atoms with E-state index in [1.807, 2.05) is 0 Å². The van der Waals surface area contributed by atoms with Crippen LogP contribution >= 0.6 is 11.6 Å². The highest BCUT2D eigenvalue weighted by Crippen LogP contribution is 2.44. The van der Waals surface area contributed by atoms with Crippen LogP contribution in [0.1, 0.15) is 33.1 Å². The van der Waals surface area contributed by atoms with Crippen LogP contribution in [0, 0.1) is 17.0 Å². The van der Waals surface area contributed by atoms with E-state index in [9.17, 15) is 31.1 Å². The molecule has 0 radical (unpaired) electrons. The Labute approximate surface area is 237 Å². The van der Waals surface area contributed by atoms with Crippen molar-refractivity contribution < 1.29 is 31.1 Å². The lowest BCUT2D eigenvalue weighted by molar-refractivity contribution is -0.136. The lowest BCUT2D eigenvalue weighted by Gasteiger charge is -2.20. The minimum Gasteiger partial charge on any atom is -0.353 e. The van der Waals surface area contributed by atoms with Crippen LogP contribution in [0.15, 0.2) is 42.6 Å². The second-order valence-electron chi connectivity index (χ2n) is 9.61. The first-order valence-electron chi connectivity index (χ1n) is 12.3. The lowest BCUT2D eigenvalue weighted by Crippen LogP contribution is -2.23. The number of fused-ring (bicyclic) bond motifs is 4. The molecule has 1 aliphatic heterocycles. The Kier molecular flexibility index (Phi) is 6.40. The van der Waals surface area contributed by atoms with E-state index in [0.29, 0.717) is 6.07 Å². The molecule has 0 spiro atoms. The van der Waals surface area contributed by atoms with Gasteiger partial charge in [0.25, 0.3) is 5.91 Å². The first kappa shape index (κ1) is 27.6. The standard InChI is InChI=1S/C27H18ClF6N7O/c1-40-24-19(41(5-4-29)26(40)35)9-17(20-21(24)25(42)38-23(20)13-6-11(30)2-3-16(13)28)37-18-10-36-39-22-14(18)7-12(31)8-15(22)27(32,33)34/h2-3,6-10,23,35H,4-5H2,1H3,(H,37,39)(H,38,42). The summed E-state index contributed by atoms with van der Waals surface area (Å²) in [4.78, 5) is 13.5. The van der Waals surface area contributed by atoms with Gasteiger partial charge in [-0.3, -0.25) is 10.2 Å². The molecule has 3 N–H and O–H groups in total. The number of carbonyl (C=O) groups excluding carboxylic acids is 1. The van der Waals surface area contributed by atoms with Gasteiger partial charge < -0.3 is 19.8 Å². The number of aromatic nitrogens is 4. The van der Waals surface area contributed by atoms with Crippen molar-refractivity contribution in [3.8, 4) is 0 Å². The van der Waals surface area contributed by atoms with Crippen LogP contribution in [0.4, 0.5) is 37.7 Å². The van der Waals surface area contributed by atoms with Crippen molar-refractivity contribution in [2.45, 2.75) is 18.8 Å². The van der Waals surface area contributed by atoms with E-state index in [1.165, 1.54) is 28.3 Å². The Balaban J connectivity index is 1.67. The Hall–Kier alpha value is -4.59. The molecule has 1 unspecified atom stereocenters. The van der Waals surface area contributed by atoms with Gasteiger partial charge in [-0.1, -0.05) is 11.6 Å². The average molecular weight is 606 g/mol. The van der Waals surface area contributed by atoms with Crippen molar-refractivity contribution in [1.29, 1.82) is 5.41 Å². The van der Waals surface area contributed by atoms with Gasteiger partial charge >= 0.3 is 6.18 Å². The minimum absolute atomic E-state index is 0.0578. The maximum absolute atomic E-state index is 14.4. The summed E-state index contributed by atoms with van der Waals surface area (Å²) in [6.45, 7) is -1.06. The summed E-state index contributed by atoms with van der Waals surface area (Å²) >= 11 is 6.39. The molecule has 0 bridgehead atoms. The van der Waals surface area contributed by atoms with Crippen LogP contribution in [0.3, 0.4) is 0 Å². The Bertz CT molecular complexity index is 2000. The Morgan fingerprint density at radius 3 is 2.60 bits per heavy atom. The second kappa shape index (κ2) is 9.76. The second-order valence-corrected chi connectivity index (χ2v) is 10.0. The molecule has 0 aliphatic carbocycles. The molecular weight excluding hydrogens is 588 g/mol. The predicted molar refractivity (Wildman–Crippen MR) is 141 cm³/mol. The molecule has 8 nitrogen and oxygen atoms in total. The van der Waals surface area contributed by atoms with E-state index < -0.39 is 47.5 Å². The van der Waals surface area contributed by atoms with Gasteiger partial charge in [0, 0.05) is 34.3 Å². The normalized spacial score (nSPS) is 15.0. The third-order valence-electron chi connectivity index (χ3n) is 7.17. The number of anilines is 2. The number of rotatable bonds is 5. The Morgan fingerprint density at radius 2 is 1.88 bits per heavy atom. The average Bonchev–Trinajstić information content (AvgIpc) is 3.39. The van der Waals surface area contributed by atoms with Crippen molar-refractivity contribution in [3.63, 3.8) is 0 Å². The number of benzene rings is 3. The summed E-state index contributed by atoms with van der Waals surface area (Å²) in [5.41, 5.74) is -1.06. The zero-order chi connectivity index (χ0) is 30.1. The van der Waals surface area contributed by atoms with Gasteiger partial charge in [-0.2, -0.15) is 18.3 Å². The van der Waals surface area contributed by atoms with Gasteiger partial charge in [0.2, 0.25) is 5.62 Å². The highest BCUT2D eigenvalue weighted by Gasteiger charge is 2.38. The van der Waals surface area contributed by atoms with E-state index in [-0.39, 0.29) is 61.7 Å². The molecule has 15 heteroatoms. The highest BCUT2D eigenvalue weighted by molar-refractivity contribution is 6.31. The molecule has 0 saturated carbocycles. The van der Waals surface area contributed by atoms with Gasteiger partial charge in [-0.15, -0.1) is 5.10 Å². The number of nitrogens with zero attached hydrogens (tertiary/aromatic N) is 4. The van der Waals surface area contributed by atoms with E-state index >= 15 is 0 Å². The van der Waals surface area contributed by atoms with Crippen molar-refractivity contribution in [2.24, 2.45) is 7.05 Å². The summed E-state index contributed by atoms with van der Waals surface area (Å²) < 4.78 is 86.1. The molecule has 0 saturated heterocycles. The maximum Gasteiger partial charge on any atom is 0.418 e. The first-order valence-corrected chi connectivity index (χ1v) is 12.7. The zero-order valence-corrected chi connectivity index (χ0v) is 22.1. The first-order chi connectivity index (χ1) is 19.9. The molecule has 3 heterocycles. The van der Waals surface area contributed by atoms with Gasteiger partial charge in [-0.25, -0.2) is 13.2 Å². The van der Waals surface area contributed by atoms with Gasteiger partial charge in [0.15, 0.2) is 0 Å². The number of hydrogen-bond acceptors (Lipinski definition) is 5. The SMILES string of the molecule is Cn1c(=N)n(CCF)c2cc(Nc3cnnc4c(C(F)(F)F)cc(F)cc34)c3c(c21)C(=O)NC3c1cc(F)ccc1Cl. The highest BCUT2D eigenvalue weighted by atomic mass is 35.5. The molecule has 1 aliphatic rings. The summed E-state index contributed by atoms with van der Waals surface area (Å²) in [6, 6.07) is 5.20. The number of amides is 1. The van der Waals surface area contributed by atoms with Gasteiger partial charge in [-0.05, 0) is 36.4 Å². The van der Waals surface area contributed by atoms with Gasteiger partial charge in [0.05, 0.1) is 46.6 Å². The smallest absolute Gasteiger partial charge is 0.353 e. The monoisotopic (exact) mass is 605 g/mol. The van der Waals surface area contributed by atoms with Crippen molar-refractivity contribution in [1.82, 2.24) is 24.6 Å². The fraction of sp³-hybridized carbons (Fsp3) is 0.185. The summed E-state index contributed by atoms with van der Waals surface area (Å²) in [7, 11) is 1.52. The maximum atomic E-state index is 14.4. The summed E-state index contributed by atoms with van der Waals surface area (Å²) in [5, 5.41) is 21.3.